The first-order valence-corrected chi connectivity index (χ1v) is 7.29. The molecule has 1 aromatic heterocycles. The molecule has 1 aromatic rings. The molecule has 0 saturated heterocycles. The van der Waals surface area contributed by atoms with E-state index < -0.39 is 22.0 Å². The number of carbonyl (C=O) groups is 1. The van der Waals surface area contributed by atoms with Gasteiger partial charge in [0.05, 0.1) is 18.1 Å². The summed E-state index contributed by atoms with van der Waals surface area (Å²) in [7, 11) is -2.36. The van der Waals surface area contributed by atoms with Crippen molar-refractivity contribution in [2.24, 2.45) is 0 Å². The van der Waals surface area contributed by atoms with Crippen LogP contribution in [0.2, 0.25) is 0 Å². The van der Waals surface area contributed by atoms with Gasteiger partial charge in [-0.25, -0.2) is 13.2 Å². The number of hydrogen-bond acceptors (Lipinski definition) is 5. The summed E-state index contributed by atoms with van der Waals surface area (Å²) in [6.45, 7) is 1.62. The van der Waals surface area contributed by atoms with Crippen LogP contribution in [0.5, 0.6) is 0 Å². The first kappa shape index (κ1) is 14.6. The van der Waals surface area contributed by atoms with Crippen LogP contribution in [-0.2, 0) is 10.0 Å². The third-order valence-electron chi connectivity index (χ3n) is 2.46. The predicted molar refractivity (Wildman–Crippen MR) is 65.9 cm³/mol. The van der Waals surface area contributed by atoms with Gasteiger partial charge in [0, 0.05) is 18.5 Å². The first-order valence-electron chi connectivity index (χ1n) is 4.97. The molecule has 0 aliphatic carbocycles. The molecule has 6 nitrogen and oxygen atoms in total. The molecule has 0 aromatic carbocycles. The van der Waals surface area contributed by atoms with E-state index in [-0.39, 0.29) is 16.2 Å². The molecular weight excluding hydrogens is 276 g/mol. The molecule has 0 amide bonds. The first-order chi connectivity index (χ1) is 8.30. The molecule has 1 unspecified atom stereocenters. The predicted octanol–water partition coefficient (Wildman–Crippen LogP) is 1.37. The van der Waals surface area contributed by atoms with E-state index >= 15 is 0 Å². The van der Waals surface area contributed by atoms with Crippen LogP contribution in [0.4, 0.5) is 0 Å². The lowest BCUT2D eigenvalue weighted by molar-refractivity contribution is 0.0697. The van der Waals surface area contributed by atoms with Crippen LogP contribution >= 0.6 is 11.3 Å². The number of rotatable bonds is 5. The molecular formula is C10H12N2O4S2. The molecule has 0 spiro atoms. The Morgan fingerprint density at radius 3 is 2.72 bits per heavy atom. The Morgan fingerprint density at radius 2 is 2.28 bits per heavy atom. The molecule has 1 N–H and O–H groups in total. The fourth-order valence-electron chi connectivity index (χ4n) is 1.20. The van der Waals surface area contributed by atoms with Crippen molar-refractivity contribution in [3.63, 3.8) is 0 Å². The zero-order chi connectivity index (χ0) is 13.9. The highest BCUT2D eigenvalue weighted by Gasteiger charge is 2.27. The Morgan fingerprint density at radius 1 is 1.67 bits per heavy atom. The van der Waals surface area contributed by atoms with Gasteiger partial charge in [-0.2, -0.15) is 9.57 Å². The highest BCUT2D eigenvalue weighted by atomic mass is 32.2. The quantitative estimate of drug-likeness (QED) is 0.882. The SMILES string of the molecule is CC(CC#N)N(C)S(=O)(=O)c1cc(C(=O)O)cs1. The third-order valence-corrected chi connectivity index (χ3v) is 5.85. The summed E-state index contributed by atoms with van der Waals surface area (Å²) in [4.78, 5) is 10.7. The van der Waals surface area contributed by atoms with Gasteiger partial charge in [0.25, 0.3) is 10.0 Å². The summed E-state index contributed by atoms with van der Waals surface area (Å²) in [5.74, 6) is -1.17. The second kappa shape index (κ2) is 5.48. The van der Waals surface area contributed by atoms with Crippen molar-refractivity contribution in [3.8, 4) is 6.07 Å². The number of nitriles is 1. The lowest BCUT2D eigenvalue weighted by Gasteiger charge is -2.21. The van der Waals surface area contributed by atoms with Crippen molar-refractivity contribution in [3.05, 3.63) is 17.0 Å². The van der Waals surface area contributed by atoms with Crippen molar-refractivity contribution in [1.29, 1.82) is 5.26 Å². The van der Waals surface area contributed by atoms with Crippen molar-refractivity contribution in [2.45, 2.75) is 23.6 Å². The molecule has 0 fully saturated rings. The summed E-state index contributed by atoms with van der Waals surface area (Å²) >= 11 is 0.855. The van der Waals surface area contributed by atoms with E-state index in [1.807, 2.05) is 6.07 Å². The summed E-state index contributed by atoms with van der Waals surface area (Å²) in [5.41, 5.74) is -0.0556. The maximum Gasteiger partial charge on any atom is 0.336 e. The zero-order valence-electron chi connectivity index (χ0n) is 9.82. The lowest BCUT2D eigenvalue weighted by Crippen LogP contribution is -2.34. The van der Waals surface area contributed by atoms with E-state index in [1.165, 1.54) is 12.4 Å². The third kappa shape index (κ3) is 2.87. The Kier molecular flexibility index (Phi) is 4.45. The van der Waals surface area contributed by atoms with E-state index in [0.29, 0.717) is 0 Å². The zero-order valence-corrected chi connectivity index (χ0v) is 11.5. The number of sulfonamides is 1. The average molecular weight is 288 g/mol. The Labute approximate surface area is 109 Å². The number of carboxylic acids is 1. The normalized spacial score (nSPS) is 13.2. The van der Waals surface area contributed by atoms with E-state index in [9.17, 15) is 13.2 Å². The van der Waals surface area contributed by atoms with Crippen LogP contribution < -0.4 is 0 Å². The van der Waals surface area contributed by atoms with E-state index in [0.717, 1.165) is 21.7 Å². The lowest BCUT2D eigenvalue weighted by atomic mass is 10.3. The summed E-state index contributed by atoms with van der Waals surface area (Å²) in [5, 5.41) is 18.6. The van der Waals surface area contributed by atoms with Crippen LogP contribution in [0.15, 0.2) is 15.7 Å². The van der Waals surface area contributed by atoms with Gasteiger partial charge in [0.2, 0.25) is 0 Å². The molecule has 98 valence electrons. The van der Waals surface area contributed by atoms with Gasteiger partial charge in [-0.1, -0.05) is 0 Å². The van der Waals surface area contributed by atoms with Gasteiger partial charge >= 0.3 is 5.97 Å². The minimum atomic E-state index is -3.74. The Balaban J connectivity index is 3.06. The van der Waals surface area contributed by atoms with Gasteiger partial charge in [0.1, 0.15) is 4.21 Å². The number of hydrogen-bond donors (Lipinski definition) is 1. The average Bonchev–Trinajstić information content (AvgIpc) is 2.78. The van der Waals surface area contributed by atoms with E-state index in [2.05, 4.69) is 0 Å². The fraction of sp³-hybridized carbons (Fsp3) is 0.400. The molecule has 0 bridgehead atoms. The largest absolute Gasteiger partial charge is 0.478 e. The molecule has 1 atom stereocenters. The minimum absolute atomic E-state index is 0.0350. The number of nitrogens with zero attached hydrogens (tertiary/aromatic N) is 2. The van der Waals surface area contributed by atoms with Gasteiger partial charge in [-0.3, -0.25) is 0 Å². The molecule has 0 saturated carbocycles. The second-order valence-electron chi connectivity index (χ2n) is 3.69. The maximum atomic E-state index is 12.1. The fourth-order valence-corrected chi connectivity index (χ4v) is 3.90. The van der Waals surface area contributed by atoms with Crippen molar-refractivity contribution >= 4 is 27.3 Å². The summed E-state index contributed by atoms with van der Waals surface area (Å²) in [6.07, 6.45) is 0.0763. The van der Waals surface area contributed by atoms with Crippen LogP contribution in [0.3, 0.4) is 0 Å². The number of carboxylic acid groups (broad SMARTS) is 1. The smallest absolute Gasteiger partial charge is 0.336 e. The van der Waals surface area contributed by atoms with Gasteiger partial charge in [-0.15, -0.1) is 11.3 Å². The second-order valence-corrected chi connectivity index (χ2v) is 6.83. The molecule has 1 rings (SSSR count). The highest BCUT2D eigenvalue weighted by Crippen LogP contribution is 2.24. The monoisotopic (exact) mass is 288 g/mol. The van der Waals surface area contributed by atoms with E-state index in [1.54, 1.807) is 6.92 Å². The molecule has 1 heterocycles. The van der Waals surface area contributed by atoms with Gasteiger partial charge < -0.3 is 5.11 Å². The number of aromatic carboxylic acids is 1. The summed E-state index contributed by atoms with van der Waals surface area (Å²) in [6, 6.07) is 2.56. The molecule has 18 heavy (non-hydrogen) atoms. The molecule has 0 aliphatic rings. The molecule has 8 heteroatoms. The topological polar surface area (TPSA) is 98.5 Å². The molecule has 0 radical (unpaired) electrons. The maximum absolute atomic E-state index is 12.1. The van der Waals surface area contributed by atoms with E-state index in [4.69, 9.17) is 10.4 Å². The minimum Gasteiger partial charge on any atom is -0.478 e. The Bertz CT molecular complexity index is 585. The van der Waals surface area contributed by atoms with Gasteiger partial charge in [-0.05, 0) is 13.0 Å². The number of thiophene rings is 1. The Hall–Kier alpha value is -1.43. The van der Waals surface area contributed by atoms with Gasteiger partial charge in [0.15, 0.2) is 0 Å². The van der Waals surface area contributed by atoms with Crippen molar-refractivity contribution < 1.29 is 18.3 Å². The highest BCUT2D eigenvalue weighted by molar-refractivity contribution is 7.91. The van der Waals surface area contributed by atoms with Crippen LogP contribution in [0.25, 0.3) is 0 Å². The van der Waals surface area contributed by atoms with Crippen molar-refractivity contribution in [2.75, 3.05) is 7.05 Å². The summed E-state index contributed by atoms with van der Waals surface area (Å²) < 4.78 is 25.3. The van der Waals surface area contributed by atoms with Crippen LogP contribution in [0, 0.1) is 11.3 Å². The van der Waals surface area contributed by atoms with Crippen LogP contribution in [0.1, 0.15) is 23.7 Å². The van der Waals surface area contributed by atoms with Crippen LogP contribution in [-0.4, -0.2) is 36.9 Å². The van der Waals surface area contributed by atoms with Crippen molar-refractivity contribution in [1.82, 2.24) is 4.31 Å². The molecule has 0 aliphatic heterocycles. The standard InChI is InChI=1S/C10H12N2O4S2/c1-7(3-4-11)12(2)18(15,16)9-5-8(6-17-9)10(13)14/h5-7H,3H2,1-2H3,(H,13,14).